The monoisotopic (exact) mass is 450 g/mol. The van der Waals surface area contributed by atoms with E-state index in [2.05, 4.69) is 15.6 Å². The highest BCUT2D eigenvalue weighted by Gasteiger charge is 2.25. The minimum atomic E-state index is -0.689. The SMILES string of the molecule is CC(C)C(Oc1ccc(Cl)cc1Cl)C(=O)CNc1cn(Cc2ccc(F)cc2)nn1. The fourth-order valence-electron chi connectivity index (χ4n) is 2.79. The van der Waals surface area contributed by atoms with Crippen molar-refractivity contribution in [2.75, 3.05) is 11.9 Å². The maximum absolute atomic E-state index is 13.0. The van der Waals surface area contributed by atoms with E-state index in [0.29, 0.717) is 28.2 Å². The van der Waals surface area contributed by atoms with Crippen molar-refractivity contribution < 1.29 is 13.9 Å². The molecule has 0 saturated heterocycles. The molecule has 9 heteroatoms. The Bertz CT molecular complexity index is 1010. The molecule has 2 aromatic carbocycles. The number of nitrogens with one attached hydrogen (secondary N) is 1. The quantitative estimate of drug-likeness (QED) is 0.504. The first kappa shape index (κ1) is 22.1. The van der Waals surface area contributed by atoms with E-state index >= 15 is 0 Å². The molecule has 6 nitrogen and oxygen atoms in total. The number of carbonyl (C=O) groups is 1. The maximum atomic E-state index is 13.0. The topological polar surface area (TPSA) is 69.0 Å². The molecule has 30 heavy (non-hydrogen) atoms. The number of ether oxygens (including phenoxy) is 1. The van der Waals surface area contributed by atoms with Gasteiger partial charge >= 0.3 is 0 Å². The molecule has 3 rings (SSSR count). The first-order valence-corrected chi connectivity index (χ1v) is 10.1. The number of carbonyl (C=O) groups excluding carboxylic acids is 1. The third-order valence-corrected chi connectivity index (χ3v) is 4.84. The van der Waals surface area contributed by atoms with E-state index in [4.69, 9.17) is 27.9 Å². The molecule has 1 atom stereocenters. The van der Waals surface area contributed by atoms with Crippen LogP contribution in [-0.4, -0.2) is 33.4 Å². The smallest absolute Gasteiger partial charge is 0.192 e. The van der Waals surface area contributed by atoms with E-state index in [0.717, 1.165) is 5.56 Å². The van der Waals surface area contributed by atoms with Gasteiger partial charge in [0.05, 0.1) is 24.3 Å². The summed E-state index contributed by atoms with van der Waals surface area (Å²) in [5.41, 5.74) is 0.886. The van der Waals surface area contributed by atoms with Gasteiger partial charge in [-0.1, -0.05) is 54.4 Å². The van der Waals surface area contributed by atoms with Crippen molar-refractivity contribution in [1.82, 2.24) is 15.0 Å². The first-order chi connectivity index (χ1) is 14.3. The molecule has 3 aromatic rings. The van der Waals surface area contributed by atoms with Gasteiger partial charge in [0.15, 0.2) is 17.7 Å². The molecule has 0 aliphatic carbocycles. The fourth-order valence-corrected chi connectivity index (χ4v) is 3.25. The van der Waals surface area contributed by atoms with Gasteiger partial charge in [-0.15, -0.1) is 5.10 Å². The van der Waals surface area contributed by atoms with Crippen molar-refractivity contribution in [2.24, 2.45) is 5.92 Å². The molecule has 1 aromatic heterocycles. The predicted octanol–water partition coefficient (Wildman–Crippen LogP) is 4.86. The summed E-state index contributed by atoms with van der Waals surface area (Å²) in [5, 5.41) is 11.8. The van der Waals surface area contributed by atoms with E-state index in [1.807, 2.05) is 13.8 Å². The second-order valence-electron chi connectivity index (χ2n) is 7.10. The number of nitrogens with zero attached hydrogens (tertiary/aromatic N) is 3. The van der Waals surface area contributed by atoms with E-state index in [-0.39, 0.29) is 24.1 Å². The van der Waals surface area contributed by atoms with Crippen LogP contribution >= 0.6 is 23.2 Å². The Morgan fingerprint density at radius 3 is 2.60 bits per heavy atom. The Morgan fingerprint density at radius 2 is 1.93 bits per heavy atom. The normalized spacial score (nSPS) is 12.1. The average Bonchev–Trinajstić information content (AvgIpc) is 3.14. The lowest BCUT2D eigenvalue weighted by Crippen LogP contribution is -2.36. The molecule has 0 radical (unpaired) electrons. The number of Topliss-reactive ketones (excluding diaryl/α,β-unsaturated/α-hetero) is 1. The molecule has 0 saturated carbocycles. The highest BCUT2D eigenvalue weighted by atomic mass is 35.5. The molecule has 158 valence electrons. The Kier molecular flexibility index (Phi) is 7.29. The molecule has 1 unspecified atom stereocenters. The minimum Gasteiger partial charge on any atom is -0.481 e. The number of benzene rings is 2. The lowest BCUT2D eigenvalue weighted by molar-refractivity contribution is -0.125. The number of ketones is 1. The summed E-state index contributed by atoms with van der Waals surface area (Å²) in [6.45, 7) is 4.25. The Balaban J connectivity index is 1.59. The highest BCUT2D eigenvalue weighted by molar-refractivity contribution is 6.35. The Labute approximate surface area is 183 Å². The predicted molar refractivity (Wildman–Crippen MR) is 115 cm³/mol. The third kappa shape index (κ3) is 5.93. The molecule has 0 bridgehead atoms. The average molecular weight is 451 g/mol. The van der Waals surface area contributed by atoms with Crippen molar-refractivity contribution in [3.8, 4) is 5.75 Å². The van der Waals surface area contributed by atoms with E-state index in [1.165, 1.54) is 12.1 Å². The number of hydrogen-bond donors (Lipinski definition) is 1. The molecule has 0 amide bonds. The Morgan fingerprint density at radius 1 is 1.20 bits per heavy atom. The second-order valence-corrected chi connectivity index (χ2v) is 7.95. The first-order valence-electron chi connectivity index (χ1n) is 9.34. The summed E-state index contributed by atoms with van der Waals surface area (Å²) < 4.78 is 20.5. The number of halogens is 3. The maximum Gasteiger partial charge on any atom is 0.192 e. The van der Waals surface area contributed by atoms with Gasteiger partial charge in [-0.05, 0) is 41.8 Å². The van der Waals surface area contributed by atoms with Crippen molar-refractivity contribution >= 4 is 34.8 Å². The molecule has 0 spiro atoms. The summed E-state index contributed by atoms with van der Waals surface area (Å²) in [7, 11) is 0. The van der Waals surface area contributed by atoms with Crippen LogP contribution < -0.4 is 10.1 Å². The summed E-state index contributed by atoms with van der Waals surface area (Å²) in [4.78, 5) is 12.7. The van der Waals surface area contributed by atoms with Gasteiger partial charge in [-0.25, -0.2) is 9.07 Å². The van der Waals surface area contributed by atoms with Crippen molar-refractivity contribution in [2.45, 2.75) is 26.5 Å². The second kappa shape index (κ2) is 9.91. The van der Waals surface area contributed by atoms with E-state index in [1.54, 1.807) is 41.2 Å². The molecule has 1 heterocycles. The molecule has 0 aliphatic rings. The summed E-state index contributed by atoms with van der Waals surface area (Å²) in [5.74, 6) is 0.347. The molecular weight excluding hydrogens is 430 g/mol. The molecular formula is C21H21Cl2FN4O2. The standard InChI is InChI=1S/C21H21Cl2FN4O2/c1-13(2)21(30-19-8-5-15(22)9-17(19)23)18(29)10-25-20-12-28(27-26-20)11-14-3-6-16(24)7-4-14/h3-9,12-13,21,25H,10-11H2,1-2H3. The number of rotatable bonds is 9. The largest absolute Gasteiger partial charge is 0.481 e. The highest BCUT2D eigenvalue weighted by Crippen LogP contribution is 2.29. The molecule has 1 N–H and O–H groups in total. The van der Waals surface area contributed by atoms with Gasteiger partial charge < -0.3 is 10.1 Å². The van der Waals surface area contributed by atoms with Gasteiger partial charge in [0.1, 0.15) is 11.6 Å². The minimum absolute atomic E-state index is 0.0172. The van der Waals surface area contributed by atoms with Crippen LogP contribution in [0.1, 0.15) is 19.4 Å². The van der Waals surface area contributed by atoms with Crippen LogP contribution in [-0.2, 0) is 11.3 Å². The van der Waals surface area contributed by atoms with E-state index in [9.17, 15) is 9.18 Å². The van der Waals surface area contributed by atoms with Crippen LogP contribution in [0.3, 0.4) is 0 Å². The fraction of sp³-hybridized carbons (Fsp3) is 0.286. The number of aromatic nitrogens is 3. The van der Waals surface area contributed by atoms with E-state index < -0.39 is 6.10 Å². The number of anilines is 1. The van der Waals surface area contributed by atoms with Gasteiger partial charge in [0, 0.05) is 5.02 Å². The van der Waals surface area contributed by atoms with Crippen LogP contribution in [0.15, 0.2) is 48.7 Å². The van der Waals surface area contributed by atoms with Gasteiger partial charge in [-0.3, -0.25) is 4.79 Å². The van der Waals surface area contributed by atoms with Crippen LogP contribution in [0.4, 0.5) is 10.2 Å². The lowest BCUT2D eigenvalue weighted by atomic mass is 10.0. The molecule has 0 aliphatic heterocycles. The van der Waals surface area contributed by atoms with Crippen LogP contribution in [0.5, 0.6) is 5.75 Å². The third-order valence-electron chi connectivity index (χ3n) is 4.31. The van der Waals surface area contributed by atoms with Crippen molar-refractivity contribution in [3.63, 3.8) is 0 Å². The van der Waals surface area contributed by atoms with Crippen molar-refractivity contribution in [3.05, 3.63) is 70.1 Å². The zero-order valence-electron chi connectivity index (χ0n) is 16.5. The van der Waals surface area contributed by atoms with Gasteiger partial charge in [0.2, 0.25) is 0 Å². The van der Waals surface area contributed by atoms with Gasteiger partial charge in [0.25, 0.3) is 0 Å². The zero-order chi connectivity index (χ0) is 21.7. The lowest BCUT2D eigenvalue weighted by Gasteiger charge is -2.22. The van der Waals surface area contributed by atoms with Crippen LogP contribution in [0.25, 0.3) is 0 Å². The molecule has 0 fully saturated rings. The van der Waals surface area contributed by atoms with Crippen LogP contribution in [0.2, 0.25) is 10.0 Å². The Hall–Kier alpha value is -2.64. The van der Waals surface area contributed by atoms with Gasteiger partial charge in [-0.2, -0.15) is 0 Å². The van der Waals surface area contributed by atoms with Crippen molar-refractivity contribution in [1.29, 1.82) is 0 Å². The zero-order valence-corrected chi connectivity index (χ0v) is 18.0. The summed E-state index contributed by atoms with van der Waals surface area (Å²) in [6.07, 6.45) is 0.989. The van der Waals surface area contributed by atoms with Crippen LogP contribution in [0, 0.1) is 11.7 Å². The summed E-state index contributed by atoms with van der Waals surface area (Å²) in [6, 6.07) is 11.0. The summed E-state index contributed by atoms with van der Waals surface area (Å²) >= 11 is 12.1. The number of hydrogen-bond acceptors (Lipinski definition) is 5.